The number of phenolic OH excluding ortho intramolecular Hbond substituents is 1. The summed E-state index contributed by atoms with van der Waals surface area (Å²) in [6.07, 6.45) is 1.49. The molecule has 5 rings (SSSR count). The van der Waals surface area contributed by atoms with Crippen molar-refractivity contribution in [3.8, 4) is 28.7 Å². The molecule has 2 N–H and O–H groups in total. The second-order valence-corrected chi connectivity index (χ2v) is 6.43. The zero-order chi connectivity index (χ0) is 20.5. The first-order chi connectivity index (χ1) is 14.7. The van der Waals surface area contributed by atoms with E-state index in [9.17, 15) is 9.90 Å². The van der Waals surface area contributed by atoms with Crippen molar-refractivity contribution < 1.29 is 18.7 Å². The Morgan fingerprint density at radius 2 is 1.80 bits per heavy atom. The highest BCUT2D eigenvalue weighted by molar-refractivity contribution is 6.12. The number of hydrogen-bond donors (Lipinski definition) is 2. The molecule has 8 nitrogen and oxygen atoms in total. The molecule has 0 aliphatic heterocycles. The van der Waals surface area contributed by atoms with E-state index in [0.29, 0.717) is 33.5 Å². The van der Waals surface area contributed by atoms with Crippen LogP contribution in [0.1, 0.15) is 10.4 Å². The summed E-state index contributed by atoms with van der Waals surface area (Å²) < 4.78 is 10.7. The predicted octanol–water partition coefficient (Wildman–Crippen LogP) is 4.50. The fourth-order valence-electron chi connectivity index (χ4n) is 3.13. The lowest BCUT2D eigenvalue weighted by atomic mass is 10.0. The highest BCUT2D eigenvalue weighted by Crippen LogP contribution is 2.31. The molecular weight excluding hydrogens is 384 g/mol. The lowest BCUT2D eigenvalue weighted by Gasteiger charge is -2.10. The fourth-order valence-corrected chi connectivity index (χ4v) is 3.13. The Morgan fingerprint density at radius 1 is 0.967 bits per heavy atom. The Morgan fingerprint density at radius 3 is 2.63 bits per heavy atom. The zero-order valence-electron chi connectivity index (χ0n) is 15.4. The molecule has 0 bridgehead atoms. The predicted molar refractivity (Wildman–Crippen MR) is 109 cm³/mol. The van der Waals surface area contributed by atoms with Gasteiger partial charge in [-0.05, 0) is 36.4 Å². The van der Waals surface area contributed by atoms with E-state index in [0.717, 1.165) is 0 Å². The molecule has 8 heteroatoms. The normalized spacial score (nSPS) is 10.9. The lowest BCUT2D eigenvalue weighted by molar-refractivity contribution is 0.102. The number of aromatic hydroxyl groups is 1. The molecule has 0 fully saturated rings. The molecule has 0 atom stereocenters. The van der Waals surface area contributed by atoms with Crippen molar-refractivity contribution in [1.29, 1.82) is 0 Å². The maximum Gasteiger partial charge on any atom is 0.322 e. The molecule has 5 aromatic rings. The van der Waals surface area contributed by atoms with Gasteiger partial charge in [0, 0.05) is 10.9 Å². The van der Waals surface area contributed by atoms with Crippen molar-refractivity contribution in [2.75, 3.05) is 5.32 Å². The summed E-state index contributed by atoms with van der Waals surface area (Å²) in [5.41, 5.74) is 1.97. The van der Waals surface area contributed by atoms with Gasteiger partial charge in [0.05, 0.1) is 23.0 Å². The molecular formula is C22H14N4O4. The van der Waals surface area contributed by atoms with Crippen molar-refractivity contribution in [3.05, 3.63) is 78.6 Å². The smallest absolute Gasteiger partial charge is 0.322 e. The fraction of sp³-hybridized carbons (Fsp3) is 0. The molecule has 2 aromatic carbocycles. The molecule has 0 radical (unpaired) electrons. The molecule has 3 heterocycles. The van der Waals surface area contributed by atoms with Gasteiger partial charge in [-0.25, -0.2) is 4.98 Å². The summed E-state index contributed by atoms with van der Waals surface area (Å²) >= 11 is 0. The molecule has 0 saturated carbocycles. The van der Waals surface area contributed by atoms with Gasteiger partial charge in [-0.2, -0.15) is 0 Å². The standard InChI is InChI=1S/C22H14N4O4/c27-18-9-4-2-7-14(18)17-12-15(13-6-1-3-8-16(13)23-17)20(28)24-22-26-25-21(30-22)19-10-5-11-29-19/h1-12,27H,(H,24,26,28). The third kappa shape index (κ3) is 3.16. The summed E-state index contributed by atoms with van der Waals surface area (Å²) in [4.78, 5) is 17.6. The highest BCUT2D eigenvalue weighted by atomic mass is 16.4. The van der Waals surface area contributed by atoms with Crippen molar-refractivity contribution >= 4 is 22.8 Å². The van der Waals surface area contributed by atoms with E-state index in [1.807, 2.05) is 12.1 Å². The lowest BCUT2D eigenvalue weighted by Crippen LogP contribution is -2.13. The molecule has 1 amide bonds. The van der Waals surface area contributed by atoms with Gasteiger partial charge < -0.3 is 13.9 Å². The number of carbonyl (C=O) groups excluding carboxylic acids is 1. The van der Waals surface area contributed by atoms with Crippen molar-refractivity contribution in [2.24, 2.45) is 0 Å². The Kier molecular flexibility index (Phi) is 4.21. The van der Waals surface area contributed by atoms with Crippen LogP contribution in [0.4, 0.5) is 6.01 Å². The number of benzene rings is 2. The minimum Gasteiger partial charge on any atom is -0.507 e. The molecule has 0 spiro atoms. The molecule has 0 aliphatic rings. The van der Waals surface area contributed by atoms with Crippen LogP contribution >= 0.6 is 0 Å². The highest BCUT2D eigenvalue weighted by Gasteiger charge is 2.18. The summed E-state index contributed by atoms with van der Waals surface area (Å²) in [5.74, 6) is 0.190. The number of hydrogen-bond acceptors (Lipinski definition) is 7. The number of carbonyl (C=O) groups is 1. The summed E-state index contributed by atoms with van der Waals surface area (Å²) in [6.45, 7) is 0. The molecule has 0 saturated heterocycles. The quantitative estimate of drug-likeness (QED) is 0.458. The van der Waals surface area contributed by atoms with Gasteiger partial charge in [-0.1, -0.05) is 35.4 Å². The summed E-state index contributed by atoms with van der Waals surface area (Å²) in [6, 6.07) is 19.0. The SMILES string of the molecule is O=C(Nc1nnc(-c2ccco2)o1)c1cc(-c2ccccc2O)nc2ccccc12. The number of para-hydroxylation sites is 2. The first kappa shape index (κ1) is 17.6. The Balaban J connectivity index is 1.54. The Bertz CT molecular complexity index is 1360. The molecule has 30 heavy (non-hydrogen) atoms. The van der Waals surface area contributed by atoms with Crippen LogP contribution in [0.3, 0.4) is 0 Å². The van der Waals surface area contributed by atoms with Crippen LogP contribution in [0.25, 0.3) is 33.8 Å². The minimum absolute atomic E-state index is 0.0589. The number of fused-ring (bicyclic) bond motifs is 1. The van der Waals surface area contributed by atoms with Crippen LogP contribution in [-0.4, -0.2) is 26.2 Å². The van der Waals surface area contributed by atoms with Crippen LogP contribution < -0.4 is 5.32 Å². The van der Waals surface area contributed by atoms with E-state index >= 15 is 0 Å². The van der Waals surface area contributed by atoms with Crippen LogP contribution in [0.2, 0.25) is 0 Å². The maximum absolute atomic E-state index is 13.0. The van der Waals surface area contributed by atoms with Crippen LogP contribution in [0.15, 0.2) is 81.8 Å². The van der Waals surface area contributed by atoms with E-state index in [1.165, 1.54) is 6.26 Å². The third-order valence-electron chi connectivity index (χ3n) is 4.52. The number of phenols is 1. The monoisotopic (exact) mass is 398 g/mol. The largest absolute Gasteiger partial charge is 0.507 e. The van der Waals surface area contributed by atoms with Crippen molar-refractivity contribution in [1.82, 2.24) is 15.2 Å². The molecule has 3 aromatic heterocycles. The second-order valence-electron chi connectivity index (χ2n) is 6.43. The number of rotatable bonds is 4. The van der Waals surface area contributed by atoms with Crippen LogP contribution in [-0.2, 0) is 0 Å². The number of anilines is 1. The minimum atomic E-state index is -0.445. The van der Waals surface area contributed by atoms with E-state index < -0.39 is 5.91 Å². The number of nitrogens with one attached hydrogen (secondary N) is 1. The Hall–Kier alpha value is -4.46. The molecule has 0 unspecified atom stereocenters. The maximum atomic E-state index is 13.0. The van der Waals surface area contributed by atoms with Gasteiger partial charge in [0.1, 0.15) is 5.75 Å². The van der Waals surface area contributed by atoms with Gasteiger partial charge in [-0.15, -0.1) is 5.10 Å². The van der Waals surface area contributed by atoms with E-state index in [-0.39, 0.29) is 17.7 Å². The number of nitrogens with zero attached hydrogens (tertiary/aromatic N) is 3. The van der Waals surface area contributed by atoms with Gasteiger partial charge >= 0.3 is 6.01 Å². The molecule has 0 aliphatic carbocycles. The number of furan rings is 1. The first-order valence-corrected chi connectivity index (χ1v) is 9.06. The average Bonchev–Trinajstić information content (AvgIpc) is 3.45. The van der Waals surface area contributed by atoms with Crippen LogP contribution in [0, 0.1) is 0 Å². The third-order valence-corrected chi connectivity index (χ3v) is 4.52. The van der Waals surface area contributed by atoms with E-state index in [2.05, 4.69) is 20.5 Å². The van der Waals surface area contributed by atoms with E-state index in [1.54, 1.807) is 54.6 Å². The summed E-state index contributed by atoms with van der Waals surface area (Å²) in [5, 5.41) is 21.2. The van der Waals surface area contributed by atoms with Gasteiger partial charge in [0.15, 0.2) is 5.76 Å². The Labute approximate surface area is 169 Å². The van der Waals surface area contributed by atoms with Gasteiger partial charge in [-0.3, -0.25) is 10.1 Å². The summed E-state index contributed by atoms with van der Waals surface area (Å²) in [7, 11) is 0. The number of amides is 1. The second kappa shape index (κ2) is 7.17. The average molecular weight is 398 g/mol. The van der Waals surface area contributed by atoms with Gasteiger partial charge in [0.2, 0.25) is 0 Å². The van der Waals surface area contributed by atoms with Crippen molar-refractivity contribution in [2.45, 2.75) is 0 Å². The first-order valence-electron chi connectivity index (χ1n) is 9.06. The molecule has 146 valence electrons. The van der Waals surface area contributed by atoms with E-state index in [4.69, 9.17) is 8.83 Å². The van der Waals surface area contributed by atoms with Gasteiger partial charge in [0.25, 0.3) is 11.8 Å². The van der Waals surface area contributed by atoms with Crippen molar-refractivity contribution in [3.63, 3.8) is 0 Å². The topological polar surface area (TPSA) is 114 Å². The van der Waals surface area contributed by atoms with Crippen LogP contribution in [0.5, 0.6) is 5.75 Å². The number of pyridine rings is 1. The number of aromatic nitrogens is 3. The zero-order valence-corrected chi connectivity index (χ0v) is 15.4.